The van der Waals surface area contributed by atoms with Crippen molar-refractivity contribution in [2.24, 2.45) is 0 Å². The summed E-state index contributed by atoms with van der Waals surface area (Å²) in [7, 11) is 0. The second-order valence-electron chi connectivity index (χ2n) is 7.50. The smallest absolute Gasteiger partial charge is 0.326 e. The molecule has 0 fully saturated rings. The summed E-state index contributed by atoms with van der Waals surface area (Å²) in [6.45, 7) is 0.604. The van der Waals surface area contributed by atoms with Gasteiger partial charge in [0.25, 0.3) is 5.91 Å². The van der Waals surface area contributed by atoms with Crippen molar-refractivity contribution in [3.8, 4) is 0 Å². The van der Waals surface area contributed by atoms with Crippen molar-refractivity contribution >= 4 is 29.2 Å². The zero-order valence-corrected chi connectivity index (χ0v) is 17.3. The van der Waals surface area contributed by atoms with Crippen LogP contribution >= 0.6 is 0 Å². The van der Waals surface area contributed by atoms with Crippen molar-refractivity contribution in [3.63, 3.8) is 0 Å². The van der Waals surface area contributed by atoms with Gasteiger partial charge in [-0.2, -0.15) is 0 Å². The van der Waals surface area contributed by atoms with Crippen LogP contribution in [0, 0.1) is 0 Å². The highest BCUT2D eigenvalue weighted by Crippen LogP contribution is 2.32. The lowest BCUT2D eigenvalue weighted by molar-refractivity contribution is -0.142. The van der Waals surface area contributed by atoms with E-state index in [4.69, 9.17) is 4.42 Å². The number of carboxylic acid groups (broad SMARTS) is 1. The van der Waals surface area contributed by atoms with Gasteiger partial charge in [0.05, 0.1) is 12.8 Å². The van der Waals surface area contributed by atoms with Crippen LogP contribution in [0.15, 0.2) is 71.3 Å². The van der Waals surface area contributed by atoms with Gasteiger partial charge in [0.1, 0.15) is 11.8 Å². The normalized spacial score (nSPS) is 13.5. The maximum Gasteiger partial charge on any atom is 0.326 e. The Balaban J connectivity index is 1.43. The molecule has 2 amide bonds. The van der Waals surface area contributed by atoms with Crippen LogP contribution in [0.3, 0.4) is 0 Å². The number of aliphatic carboxylic acids is 1. The first-order valence-corrected chi connectivity index (χ1v) is 10.3. The van der Waals surface area contributed by atoms with Crippen molar-refractivity contribution in [1.29, 1.82) is 0 Å². The number of carbonyl (C=O) groups excluding carboxylic acids is 2. The molecule has 8 heteroatoms. The molecule has 8 nitrogen and oxygen atoms in total. The standard InChI is InChI=1S/C24H23N3O5/c28-22(26-16-6-2-1-3-7-16)12-11-21(24(30)31)27-15-19-18(23(27)29)9-4-10-20(19)25-14-17-8-5-13-32-17/h1-10,13,21,25H,11-12,14-15H2,(H,26,28)(H,30,31). The van der Waals surface area contributed by atoms with Crippen LogP contribution in [0.5, 0.6) is 0 Å². The van der Waals surface area contributed by atoms with Crippen LogP contribution in [0.1, 0.15) is 34.5 Å². The number of nitrogens with zero attached hydrogens (tertiary/aromatic N) is 1. The van der Waals surface area contributed by atoms with Crippen LogP contribution in [0.2, 0.25) is 0 Å². The van der Waals surface area contributed by atoms with Crippen molar-refractivity contribution in [2.75, 3.05) is 10.6 Å². The van der Waals surface area contributed by atoms with E-state index >= 15 is 0 Å². The minimum absolute atomic E-state index is 0.0168. The first-order chi connectivity index (χ1) is 15.5. The maximum atomic E-state index is 13.0. The van der Waals surface area contributed by atoms with E-state index < -0.39 is 12.0 Å². The molecule has 164 valence electrons. The van der Waals surface area contributed by atoms with Gasteiger partial charge < -0.3 is 25.1 Å². The molecular formula is C24H23N3O5. The van der Waals surface area contributed by atoms with Crippen molar-refractivity contribution in [3.05, 3.63) is 83.8 Å². The zero-order chi connectivity index (χ0) is 22.5. The maximum absolute atomic E-state index is 13.0. The second-order valence-corrected chi connectivity index (χ2v) is 7.50. The number of furan rings is 1. The molecular weight excluding hydrogens is 410 g/mol. The number of nitrogens with one attached hydrogen (secondary N) is 2. The number of rotatable bonds is 9. The molecule has 0 spiro atoms. The van der Waals surface area contributed by atoms with Gasteiger partial charge in [-0.15, -0.1) is 0 Å². The van der Waals surface area contributed by atoms with E-state index in [0.29, 0.717) is 17.8 Å². The molecule has 2 heterocycles. The summed E-state index contributed by atoms with van der Waals surface area (Å²) in [5.41, 5.74) is 2.60. The van der Waals surface area contributed by atoms with E-state index in [1.807, 2.05) is 18.2 Å². The highest BCUT2D eigenvalue weighted by atomic mass is 16.4. The molecule has 1 aliphatic rings. The number of fused-ring (bicyclic) bond motifs is 1. The minimum atomic E-state index is -1.14. The van der Waals surface area contributed by atoms with Gasteiger partial charge in [-0.05, 0) is 42.8 Å². The molecule has 1 unspecified atom stereocenters. The molecule has 1 aliphatic heterocycles. The molecule has 2 aromatic carbocycles. The van der Waals surface area contributed by atoms with Crippen molar-refractivity contribution < 1.29 is 23.9 Å². The Hall–Kier alpha value is -4.07. The van der Waals surface area contributed by atoms with E-state index in [9.17, 15) is 19.5 Å². The predicted molar refractivity (Wildman–Crippen MR) is 118 cm³/mol. The molecule has 0 aliphatic carbocycles. The van der Waals surface area contributed by atoms with Crippen LogP contribution in [-0.2, 0) is 22.7 Å². The van der Waals surface area contributed by atoms with E-state index in [-0.39, 0.29) is 31.2 Å². The quantitative estimate of drug-likeness (QED) is 0.474. The summed E-state index contributed by atoms with van der Waals surface area (Å²) < 4.78 is 5.33. The predicted octanol–water partition coefficient (Wildman–Crippen LogP) is 3.72. The third-order valence-electron chi connectivity index (χ3n) is 5.39. The average molecular weight is 433 g/mol. The monoisotopic (exact) mass is 433 g/mol. The van der Waals surface area contributed by atoms with Gasteiger partial charge in [-0.25, -0.2) is 4.79 Å². The molecule has 0 radical (unpaired) electrons. The Bertz CT molecular complexity index is 1110. The molecule has 4 rings (SSSR count). The van der Waals surface area contributed by atoms with Gasteiger partial charge in [-0.3, -0.25) is 9.59 Å². The van der Waals surface area contributed by atoms with Crippen LogP contribution in [-0.4, -0.2) is 33.8 Å². The molecule has 32 heavy (non-hydrogen) atoms. The molecule has 3 N–H and O–H groups in total. The Kier molecular flexibility index (Phi) is 6.21. The molecule has 1 atom stereocenters. The van der Waals surface area contributed by atoms with Crippen LogP contribution in [0.4, 0.5) is 11.4 Å². The number of amides is 2. The van der Waals surface area contributed by atoms with E-state index in [2.05, 4.69) is 10.6 Å². The molecule has 0 saturated carbocycles. The third kappa shape index (κ3) is 4.64. The molecule has 0 saturated heterocycles. The highest BCUT2D eigenvalue weighted by molar-refractivity contribution is 6.02. The van der Waals surface area contributed by atoms with Gasteiger partial charge in [-0.1, -0.05) is 24.3 Å². The number of carboxylic acids is 1. The van der Waals surface area contributed by atoms with E-state index in [1.54, 1.807) is 48.7 Å². The van der Waals surface area contributed by atoms with Gasteiger partial charge in [0, 0.05) is 35.5 Å². The average Bonchev–Trinajstić information content (AvgIpc) is 3.42. The number of carbonyl (C=O) groups is 3. The van der Waals surface area contributed by atoms with E-state index in [0.717, 1.165) is 17.0 Å². The summed E-state index contributed by atoms with van der Waals surface area (Å²) in [4.78, 5) is 38.5. The molecule has 3 aromatic rings. The summed E-state index contributed by atoms with van der Waals surface area (Å²) >= 11 is 0. The molecule has 1 aromatic heterocycles. The topological polar surface area (TPSA) is 112 Å². The molecule has 0 bridgehead atoms. The zero-order valence-electron chi connectivity index (χ0n) is 17.3. The van der Waals surface area contributed by atoms with Gasteiger partial charge in [0.15, 0.2) is 0 Å². The fraction of sp³-hybridized carbons (Fsp3) is 0.208. The lowest BCUT2D eigenvalue weighted by Gasteiger charge is -2.24. The second kappa shape index (κ2) is 9.38. The van der Waals surface area contributed by atoms with Crippen molar-refractivity contribution in [1.82, 2.24) is 4.90 Å². The fourth-order valence-corrected chi connectivity index (χ4v) is 3.79. The van der Waals surface area contributed by atoms with Crippen LogP contribution < -0.4 is 10.6 Å². The first-order valence-electron chi connectivity index (χ1n) is 10.3. The Morgan fingerprint density at radius 1 is 1.06 bits per heavy atom. The van der Waals surface area contributed by atoms with E-state index in [1.165, 1.54) is 4.90 Å². The lowest BCUT2D eigenvalue weighted by atomic mass is 10.1. The number of anilines is 2. The SMILES string of the molecule is O=C(CCC(C(=O)O)N1Cc2c(NCc3ccco3)cccc2C1=O)Nc1ccccc1. The third-order valence-corrected chi connectivity index (χ3v) is 5.39. The van der Waals surface area contributed by atoms with Gasteiger partial charge in [0.2, 0.25) is 5.91 Å². The first kappa shape index (κ1) is 21.2. The van der Waals surface area contributed by atoms with Gasteiger partial charge >= 0.3 is 5.97 Å². The number of para-hydroxylation sites is 1. The number of hydrogen-bond acceptors (Lipinski definition) is 5. The largest absolute Gasteiger partial charge is 0.480 e. The number of benzene rings is 2. The highest BCUT2D eigenvalue weighted by Gasteiger charge is 2.37. The summed E-state index contributed by atoms with van der Waals surface area (Å²) in [5, 5.41) is 15.8. The van der Waals surface area contributed by atoms with Crippen LogP contribution in [0.25, 0.3) is 0 Å². The Morgan fingerprint density at radius 2 is 1.88 bits per heavy atom. The lowest BCUT2D eigenvalue weighted by Crippen LogP contribution is -2.41. The summed E-state index contributed by atoms with van der Waals surface area (Å²) in [6, 6.07) is 16.8. The number of hydrogen-bond donors (Lipinski definition) is 3. The summed E-state index contributed by atoms with van der Waals surface area (Å²) in [6.07, 6.45) is 1.58. The fourth-order valence-electron chi connectivity index (χ4n) is 3.79. The Labute approximate surface area is 184 Å². The Morgan fingerprint density at radius 3 is 2.59 bits per heavy atom. The van der Waals surface area contributed by atoms with Crippen molar-refractivity contribution in [2.45, 2.75) is 32.0 Å². The minimum Gasteiger partial charge on any atom is -0.480 e. The summed E-state index contributed by atoms with van der Waals surface area (Å²) in [5.74, 6) is -1.04.